The van der Waals surface area contributed by atoms with Crippen LogP contribution in [0.4, 0.5) is 0 Å². The van der Waals surface area contributed by atoms with Gasteiger partial charge in [-0.2, -0.15) is 0 Å². The van der Waals surface area contributed by atoms with Gasteiger partial charge in [0.15, 0.2) is 0 Å². The van der Waals surface area contributed by atoms with E-state index in [-0.39, 0.29) is 12.4 Å². The van der Waals surface area contributed by atoms with E-state index in [9.17, 15) is 0 Å². The van der Waals surface area contributed by atoms with E-state index in [4.69, 9.17) is 0 Å². The molecule has 0 radical (unpaired) electrons. The third-order valence-corrected chi connectivity index (χ3v) is 1.76. The van der Waals surface area contributed by atoms with Crippen molar-refractivity contribution in [3.8, 4) is 0 Å². The average molecular weight is 148 g/mol. The van der Waals surface area contributed by atoms with E-state index in [0.717, 1.165) is 0 Å². The molecular weight excluding hydrogens is 134 g/mol. The lowest BCUT2D eigenvalue weighted by atomic mass is 10.2. The Labute approximate surface area is 63.2 Å². The smallest absolute Gasteiger partial charge is 0.142 e. The maximum Gasteiger partial charge on any atom is 0.142 e. The molecule has 0 atom stereocenters. The first-order valence-corrected chi connectivity index (χ1v) is 3.47. The molecule has 0 unspecified atom stereocenters. The summed E-state index contributed by atoms with van der Waals surface area (Å²) in [6.07, 6.45) is 6.41. The van der Waals surface area contributed by atoms with Gasteiger partial charge in [0, 0.05) is 19.8 Å². The van der Waals surface area contributed by atoms with Crippen molar-refractivity contribution in [2.45, 2.75) is 26.2 Å². The van der Waals surface area contributed by atoms with Crippen molar-refractivity contribution in [1.82, 2.24) is 0 Å². The molecule has 1 nitrogen and oxygen atoms in total. The Hall–Kier alpha value is -0.0400. The van der Waals surface area contributed by atoms with Crippen LogP contribution >= 0.6 is 0 Å². The second-order valence-electron chi connectivity index (χ2n) is 2.35. The molecule has 0 aromatic carbocycles. The lowest BCUT2D eigenvalue weighted by Crippen LogP contribution is -3.00. The summed E-state index contributed by atoms with van der Waals surface area (Å²) in [6, 6.07) is 0. The van der Waals surface area contributed by atoms with E-state index < -0.39 is 0 Å². The molecule has 1 heterocycles. The van der Waals surface area contributed by atoms with Crippen LogP contribution < -0.4 is 12.4 Å². The molecule has 0 aromatic rings. The molecule has 0 N–H and O–H groups in total. The zero-order valence-electron chi connectivity index (χ0n) is 5.94. The van der Waals surface area contributed by atoms with Gasteiger partial charge in [-0.3, -0.25) is 0 Å². The van der Waals surface area contributed by atoms with Crippen LogP contribution in [0.1, 0.15) is 26.2 Å². The van der Waals surface area contributed by atoms with Gasteiger partial charge in [0.1, 0.15) is 19.3 Å². The summed E-state index contributed by atoms with van der Waals surface area (Å²) >= 11 is 0. The van der Waals surface area contributed by atoms with Crippen LogP contribution in [-0.2, 0) is 0 Å². The van der Waals surface area contributed by atoms with Crippen LogP contribution in [0.25, 0.3) is 0 Å². The van der Waals surface area contributed by atoms with Crippen LogP contribution in [0.3, 0.4) is 0 Å². The van der Waals surface area contributed by atoms with Gasteiger partial charge in [0.25, 0.3) is 0 Å². The first kappa shape index (κ1) is 8.96. The van der Waals surface area contributed by atoms with E-state index in [1.807, 2.05) is 0 Å². The number of halogens is 1. The highest BCUT2D eigenvalue weighted by atomic mass is 35.5. The molecule has 1 fully saturated rings. The van der Waals surface area contributed by atoms with Crippen molar-refractivity contribution in [2.24, 2.45) is 0 Å². The Balaban J connectivity index is 0.000000640. The molecule has 0 spiro atoms. The Morgan fingerprint density at radius 1 is 1.11 bits per heavy atom. The Morgan fingerprint density at radius 3 is 2.00 bits per heavy atom. The summed E-state index contributed by atoms with van der Waals surface area (Å²) in [7, 11) is 0. The van der Waals surface area contributed by atoms with Crippen molar-refractivity contribution in [1.29, 1.82) is 0 Å². The Morgan fingerprint density at radius 2 is 1.67 bits per heavy atom. The lowest BCUT2D eigenvalue weighted by molar-refractivity contribution is -0.533. The predicted octanol–water partition coefficient (Wildman–Crippen LogP) is -1.72. The molecule has 1 aliphatic rings. The minimum atomic E-state index is 0. The van der Waals surface area contributed by atoms with Crippen molar-refractivity contribution >= 4 is 6.21 Å². The van der Waals surface area contributed by atoms with E-state index in [2.05, 4.69) is 17.7 Å². The number of hydrogen-bond donors (Lipinski definition) is 0. The van der Waals surface area contributed by atoms with Gasteiger partial charge < -0.3 is 12.4 Å². The van der Waals surface area contributed by atoms with Crippen molar-refractivity contribution in [3.63, 3.8) is 0 Å². The first-order valence-electron chi connectivity index (χ1n) is 3.47. The van der Waals surface area contributed by atoms with Gasteiger partial charge >= 0.3 is 0 Å². The average Bonchev–Trinajstić information content (AvgIpc) is 1.90. The normalized spacial score (nSPS) is 18.6. The monoisotopic (exact) mass is 147 g/mol. The third kappa shape index (κ3) is 2.85. The van der Waals surface area contributed by atoms with Crippen LogP contribution in [0.2, 0.25) is 0 Å². The molecule has 1 saturated heterocycles. The zero-order valence-corrected chi connectivity index (χ0v) is 6.69. The van der Waals surface area contributed by atoms with Crippen LogP contribution in [0.15, 0.2) is 0 Å². The minimum Gasteiger partial charge on any atom is -1.00 e. The molecule has 2 heteroatoms. The summed E-state index contributed by atoms with van der Waals surface area (Å²) in [5.41, 5.74) is 0. The standard InChI is InChI=1S/C7H14N.ClH/c1-2-8-6-4-3-5-7-8;/h2H,3-7H2,1H3;1H/q+1;/p-1. The van der Waals surface area contributed by atoms with E-state index >= 15 is 0 Å². The Kier molecular flexibility index (Phi) is 4.78. The van der Waals surface area contributed by atoms with Gasteiger partial charge in [0.2, 0.25) is 0 Å². The van der Waals surface area contributed by atoms with Crippen molar-refractivity contribution < 1.29 is 17.0 Å². The molecule has 0 amide bonds. The van der Waals surface area contributed by atoms with Crippen LogP contribution in [-0.4, -0.2) is 23.9 Å². The second-order valence-corrected chi connectivity index (χ2v) is 2.35. The van der Waals surface area contributed by atoms with Crippen molar-refractivity contribution in [3.05, 3.63) is 0 Å². The largest absolute Gasteiger partial charge is 1.00 e. The fourth-order valence-corrected chi connectivity index (χ4v) is 1.18. The maximum absolute atomic E-state index is 2.39. The molecule has 1 rings (SSSR count). The molecule has 54 valence electrons. The Bertz CT molecular complexity index is 91.1. The summed E-state index contributed by atoms with van der Waals surface area (Å²) in [5, 5.41) is 0. The molecule has 0 saturated carbocycles. The van der Waals surface area contributed by atoms with E-state index in [1.54, 1.807) is 0 Å². The van der Waals surface area contributed by atoms with Gasteiger partial charge in [-0.25, -0.2) is 4.58 Å². The fraction of sp³-hybridized carbons (Fsp3) is 0.857. The van der Waals surface area contributed by atoms with Crippen LogP contribution in [0.5, 0.6) is 0 Å². The number of nitrogens with zero attached hydrogens (tertiary/aromatic N) is 1. The highest BCUT2D eigenvalue weighted by Gasteiger charge is 2.07. The molecule has 1 aliphatic heterocycles. The molecule has 0 bridgehead atoms. The quantitative estimate of drug-likeness (QED) is 0.359. The minimum absolute atomic E-state index is 0. The van der Waals surface area contributed by atoms with Gasteiger partial charge in [0.05, 0.1) is 0 Å². The molecule has 0 aliphatic carbocycles. The second kappa shape index (κ2) is 4.80. The van der Waals surface area contributed by atoms with Crippen molar-refractivity contribution in [2.75, 3.05) is 13.1 Å². The molecular formula is C7H14ClN. The zero-order chi connectivity index (χ0) is 5.82. The summed E-state index contributed by atoms with van der Waals surface area (Å²) in [5.74, 6) is 0. The molecule has 0 aromatic heterocycles. The molecule has 9 heavy (non-hydrogen) atoms. The number of hydrogen-bond acceptors (Lipinski definition) is 0. The van der Waals surface area contributed by atoms with E-state index in [0.29, 0.717) is 0 Å². The number of rotatable bonds is 0. The van der Waals surface area contributed by atoms with Gasteiger partial charge in [-0.15, -0.1) is 0 Å². The topological polar surface area (TPSA) is 3.01 Å². The predicted molar refractivity (Wildman–Crippen MR) is 35.6 cm³/mol. The first-order chi connectivity index (χ1) is 3.93. The highest BCUT2D eigenvalue weighted by Crippen LogP contribution is 2.02. The SMILES string of the molecule is CC=[N+]1CCCCC1.[Cl-]. The summed E-state index contributed by atoms with van der Waals surface area (Å²) in [4.78, 5) is 0. The lowest BCUT2D eigenvalue weighted by Gasteiger charge is -2.07. The maximum atomic E-state index is 2.39. The summed E-state index contributed by atoms with van der Waals surface area (Å²) < 4.78 is 2.39. The number of piperidine rings is 1. The highest BCUT2D eigenvalue weighted by molar-refractivity contribution is 5.46. The van der Waals surface area contributed by atoms with Gasteiger partial charge in [-0.05, 0) is 6.42 Å². The van der Waals surface area contributed by atoms with Crippen LogP contribution in [0, 0.1) is 0 Å². The van der Waals surface area contributed by atoms with Gasteiger partial charge in [-0.1, -0.05) is 0 Å². The van der Waals surface area contributed by atoms with E-state index in [1.165, 1.54) is 32.4 Å². The summed E-state index contributed by atoms with van der Waals surface area (Å²) in [6.45, 7) is 4.69. The fourth-order valence-electron chi connectivity index (χ4n) is 1.18. The third-order valence-electron chi connectivity index (χ3n) is 1.76.